The SMILES string of the molecule is CCc1ccc(C(=O)NNC(=O)c2sc3ccccc3c2Cl)cc1. The van der Waals surface area contributed by atoms with E-state index in [1.807, 2.05) is 43.3 Å². The monoisotopic (exact) mass is 358 g/mol. The molecule has 0 aliphatic rings. The van der Waals surface area contributed by atoms with E-state index in [1.165, 1.54) is 11.3 Å². The summed E-state index contributed by atoms with van der Waals surface area (Å²) in [6.07, 6.45) is 0.906. The molecule has 3 aromatic rings. The molecule has 0 spiro atoms. The smallest absolute Gasteiger partial charge is 0.267 e. The van der Waals surface area contributed by atoms with Gasteiger partial charge in [-0.2, -0.15) is 0 Å². The number of benzene rings is 2. The van der Waals surface area contributed by atoms with Gasteiger partial charge in [-0.25, -0.2) is 0 Å². The summed E-state index contributed by atoms with van der Waals surface area (Å²) in [6, 6.07) is 14.7. The molecule has 2 N–H and O–H groups in total. The fourth-order valence-electron chi connectivity index (χ4n) is 2.29. The van der Waals surface area contributed by atoms with E-state index in [0.29, 0.717) is 15.5 Å². The third-order valence-corrected chi connectivity index (χ3v) is 5.33. The van der Waals surface area contributed by atoms with Crippen LogP contribution in [0.4, 0.5) is 0 Å². The second-order valence-corrected chi connectivity index (χ2v) is 6.63. The van der Waals surface area contributed by atoms with Crippen LogP contribution < -0.4 is 10.9 Å². The molecule has 0 fully saturated rings. The van der Waals surface area contributed by atoms with Crippen LogP contribution in [0.25, 0.3) is 10.1 Å². The molecular formula is C18H15ClN2O2S. The fourth-order valence-corrected chi connectivity index (χ4v) is 3.71. The number of hydrazine groups is 1. The van der Waals surface area contributed by atoms with E-state index in [2.05, 4.69) is 10.9 Å². The summed E-state index contributed by atoms with van der Waals surface area (Å²) in [7, 11) is 0. The van der Waals surface area contributed by atoms with Crippen LogP contribution in [0, 0.1) is 0 Å². The Morgan fingerprint density at radius 3 is 2.33 bits per heavy atom. The number of amides is 2. The van der Waals surface area contributed by atoms with Crippen LogP contribution >= 0.6 is 22.9 Å². The minimum Gasteiger partial charge on any atom is -0.267 e. The van der Waals surface area contributed by atoms with Crippen LogP contribution in [-0.4, -0.2) is 11.8 Å². The van der Waals surface area contributed by atoms with Crippen molar-refractivity contribution in [2.24, 2.45) is 0 Å². The van der Waals surface area contributed by atoms with Crippen molar-refractivity contribution in [1.29, 1.82) is 0 Å². The molecule has 0 aliphatic heterocycles. The average molecular weight is 359 g/mol. The predicted octanol–water partition coefficient (Wildman–Crippen LogP) is 4.19. The van der Waals surface area contributed by atoms with Crippen molar-refractivity contribution in [2.45, 2.75) is 13.3 Å². The highest BCUT2D eigenvalue weighted by molar-refractivity contribution is 7.21. The van der Waals surface area contributed by atoms with E-state index < -0.39 is 5.91 Å². The Bertz CT molecular complexity index is 903. The number of hydrogen-bond donors (Lipinski definition) is 2. The lowest BCUT2D eigenvalue weighted by Gasteiger charge is -2.07. The number of nitrogens with one attached hydrogen (secondary N) is 2. The molecule has 0 unspecified atom stereocenters. The molecule has 0 bridgehead atoms. The number of aryl methyl sites for hydroxylation is 1. The van der Waals surface area contributed by atoms with E-state index in [4.69, 9.17) is 11.6 Å². The summed E-state index contributed by atoms with van der Waals surface area (Å²) >= 11 is 7.54. The average Bonchev–Trinajstić information content (AvgIpc) is 2.96. The Morgan fingerprint density at radius 2 is 1.67 bits per heavy atom. The zero-order valence-electron chi connectivity index (χ0n) is 12.9. The van der Waals surface area contributed by atoms with Crippen LogP contribution in [0.15, 0.2) is 48.5 Å². The quantitative estimate of drug-likeness (QED) is 0.689. The number of rotatable bonds is 3. The summed E-state index contributed by atoms with van der Waals surface area (Å²) in [5.74, 6) is -0.803. The maximum absolute atomic E-state index is 12.3. The highest BCUT2D eigenvalue weighted by atomic mass is 35.5. The molecule has 6 heteroatoms. The first kappa shape index (κ1) is 16.5. The van der Waals surface area contributed by atoms with Gasteiger partial charge in [-0.3, -0.25) is 20.4 Å². The van der Waals surface area contributed by atoms with Crippen molar-refractivity contribution in [3.63, 3.8) is 0 Å². The lowest BCUT2D eigenvalue weighted by molar-refractivity contribution is 0.0849. The number of thiophene rings is 1. The molecule has 0 saturated heterocycles. The van der Waals surface area contributed by atoms with Gasteiger partial charge in [0.05, 0.1) is 5.02 Å². The zero-order chi connectivity index (χ0) is 17.1. The third-order valence-electron chi connectivity index (χ3n) is 3.66. The Labute approximate surface area is 148 Å². The van der Waals surface area contributed by atoms with Crippen LogP contribution in [0.2, 0.25) is 5.02 Å². The summed E-state index contributed by atoms with van der Waals surface area (Å²) in [4.78, 5) is 24.7. The van der Waals surface area contributed by atoms with Gasteiger partial charge in [-0.05, 0) is 30.2 Å². The lowest BCUT2D eigenvalue weighted by atomic mass is 10.1. The van der Waals surface area contributed by atoms with E-state index >= 15 is 0 Å². The molecule has 1 aromatic heterocycles. The molecule has 122 valence electrons. The molecule has 24 heavy (non-hydrogen) atoms. The summed E-state index contributed by atoms with van der Waals surface area (Å²) in [5.41, 5.74) is 6.46. The molecule has 0 atom stereocenters. The maximum Gasteiger partial charge on any atom is 0.281 e. The molecule has 0 aliphatic carbocycles. The van der Waals surface area contributed by atoms with Crippen LogP contribution in [0.1, 0.15) is 32.5 Å². The Balaban J connectivity index is 1.69. The molecular weight excluding hydrogens is 344 g/mol. The Kier molecular flexibility index (Phi) is 4.83. The molecule has 0 saturated carbocycles. The molecule has 1 heterocycles. The minimum atomic E-state index is -0.431. The fraction of sp³-hybridized carbons (Fsp3) is 0.111. The molecule has 2 aromatic carbocycles. The lowest BCUT2D eigenvalue weighted by Crippen LogP contribution is -2.41. The number of carbonyl (C=O) groups is 2. The second-order valence-electron chi connectivity index (χ2n) is 5.20. The summed E-state index contributed by atoms with van der Waals surface area (Å²) in [5, 5.41) is 1.23. The van der Waals surface area contributed by atoms with Gasteiger partial charge in [0.15, 0.2) is 0 Å². The minimum absolute atomic E-state index is 0.372. The molecule has 0 radical (unpaired) electrons. The van der Waals surface area contributed by atoms with Crippen LogP contribution in [0.3, 0.4) is 0 Å². The summed E-state index contributed by atoms with van der Waals surface area (Å²) in [6.45, 7) is 2.05. The zero-order valence-corrected chi connectivity index (χ0v) is 14.5. The van der Waals surface area contributed by atoms with Crippen LogP contribution in [-0.2, 0) is 6.42 Å². The standard InChI is InChI=1S/C18H15ClN2O2S/c1-2-11-7-9-12(10-8-11)17(22)20-21-18(23)16-15(19)13-5-3-4-6-14(13)24-16/h3-10H,2H2,1H3,(H,20,22)(H,21,23). The van der Waals surface area contributed by atoms with Gasteiger partial charge in [0, 0.05) is 15.6 Å². The van der Waals surface area contributed by atoms with Crippen molar-refractivity contribution in [1.82, 2.24) is 10.9 Å². The Hall–Kier alpha value is -2.37. The number of halogens is 1. The van der Waals surface area contributed by atoms with E-state index in [0.717, 1.165) is 22.1 Å². The number of fused-ring (bicyclic) bond motifs is 1. The van der Waals surface area contributed by atoms with Gasteiger partial charge in [0.25, 0.3) is 11.8 Å². The van der Waals surface area contributed by atoms with Gasteiger partial charge < -0.3 is 0 Å². The predicted molar refractivity (Wildman–Crippen MR) is 97.6 cm³/mol. The highest BCUT2D eigenvalue weighted by Crippen LogP contribution is 2.34. The van der Waals surface area contributed by atoms with Crippen molar-refractivity contribution in [3.8, 4) is 0 Å². The molecule has 2 amide bonds. The molecule has 3 rings (SSSR count). The van der Waals surface area contributed by atoms with Crippen LogP contribution in [0.5, 0.6) is 0 Å². The van der Waals surface area contributed by atoms with Gasteiger partial charge in [0.2, 0.25) is 0 Å². The second kappa shape index (κ2) is 7.03. The van der Waals surface area contributed by atoms with E-state index in [-0.39, 0.29) is 5.91 Å². The topological polar surface area (TPSA) is 58.2 Å². The molecule has 4 nitrogen and oxygen atoms in total. The van der Waals surface area contributed by atoms with Gasteiger partial charge in [0.1, 0.15) is 4.88 Å². The Morgan fingerprint density at radius 1 is 1.00 bits per heavy atom. The largest absolute Gasteiger partial charge is 0.281 e. The van der Waals surface area contributed by atoms with E-state index in [9.17, 15) is 9.59 Å². The first-order valence-corrected chi connectivity index (χ1v) is 8.66. The van der Waals surface area contributed by atoms with Gasteiger partial charge in [-0.1, -0.05) is 48.9 Å². The maximum atomic E-state index is 12.3. The van der Waals surface area contributed by atoms with Crippen molar-refractivity contribution in [3.05, 3.63) is 69.6 Å². The number of carbonyl (C=O) groups excluding carboxylic acids is 2. The number of hydrogen-bond acceptors (Lipinski definition) is 3. The van der Waals surface area contributed by atoms with Gasteiger partial charge >= 0.3 is 0 Å². The normalized spacial score (nSPS) is 10.6. The van der Waals surface area contributed by atoms with Crippen molar-refractivity contribution >= 4 is 44.8 Å². The van der Waals surface area contributed by atoms with Crippen molar-refractivity contribution < 1.29 is 9.59 Å². The van der Waals surface area contributed by atoms with E-state index in [1.54, 1.807) is 12.1 Å². The third kappa shape index (κ3) is 3.27. The highest BCUT2D eigenvalue weighted by Gasteiger charge is 2.17. The van der Waals surface area contributed by atoms with Gasteiger partial charge in [-0.15, -0.1) is 11.3 Å². The first-order chi connectivity index (χ1) is 11.6. The van der Waals surface area contributed by atoms with Crippen molar-refractivity contribution in [2.75, 3.05) is 0 Å². The summed E-state index contributed by atoms with van der Waals surface area (Å²) < 4.78 is 0.925. The first-order valence-electron chi connectivity index (χ1n) is 7.46.